The smallest absolute Gasteiger partial charge is 0.238 e. The van der Waals surface area contributed by atoms with Crippen molar-refractivity contribution in [3.05, 3.63) is 23.8 Å². The minimum Gasteiger partial charge on any atom is -0.399 e. The third-order valence-corrected chi connectivity index (χ3v) is 3.39. The number of rotatable bonds is 3. The van der Waals surface area contributed by atoms with Crippen LogP contribution in [-0.4, -0.2) is 42.6 Å². The Morgan fingerprint density at radius 1 is 1.40 bits per heavy atom. The van der Waals surface area contributed by atoms with Crippen LogP contribution < -0.4 is 11.1 Å². The number of hydrogen-bond donors (Lipinski definition) is 2. The molecular formula is C15H23N3O2. The lowest BCUT2D eigenvalue weighted by molar-refractivity contribution is -0.121. The van der Waals surface area contributed by atoms with Crippen molar-refractivity contribution >= 4 is 17.3 Å². The average Bonchev–Trinajstić information content (AvgIpc) is 2.31. The molecule has 5 heteroatoms. The van der Waals surface area contributed by atoms with Gasteiger partial charge < -0.3 is 15.8 Å². The lowest BCUT2D eigenvalue weighted by Crippen LogP contribution is -2.48. The molecule has 0 unspecified atom stereocenters. The minimum atomic E-state index is -0.000767. The second kappa shape index (κ2) is 6.24. The third kappa shape index (κ3) is 3.95. The van der Waals surface area contributed by atoms with E-state index in [2.05, 4.69) is 10.2 Å². The summed E-state index contributed by atoms with van der Waals surface area (Å²) in [5.41, 5.74) is 8.20. The number of aryl methyl sites for hydroxylation is 1. The molecule has 2 rings (SSSR count). The molecule has 0 radical (unpaired) electrons. The number of ether oxygens (including phenoxy) is 1. The summed E-state index contributed by atoms with van der Waals surface area (Å²) in [5.74, 6) is -0.000767. The Morgan fingerprint density at radius 2 is 2.05 bits per heavy atom. The molecule has 110 valence electrons. The van der Waals surface area contributed by atoms with Gasteiger partial charge in [-0.05, 0) is 44.5 Å². The van der Waals surface area contributed by atoms with Crippen molar-refractivity contribution < 1.29 is 9.53 Å². The normalized spacial score (nSPS) is 23.6. The van der Waals surface area contributed by atoms with Crippen LogP contribution in [0.2, 0.25) is 0 Å². The zero-order chi connectivity index (χ0) is 14.7. The number of nitrogen functional groups attached to an aromatic ring is 1. The van der Waals surface area contributed by atoms with Crippen molar-refractivity contribution in [3.8, 4) is 0 Å². The molecule has 0 spiro atoms. The van der Waals surface area contributed by atoms with E-state index < -0.39 is 0 Å². The van der Waals surface area contributed by atoms with E-state index in [1.165, 1.54) is 0 Å². The highest BCUT2D eigenvalue weighted by Crippen LogP contribution is 2.18. The van der Waals surface area contributed by atoms with E-state index in [1.54, 1.807) is 6.07 Å². The Kier molecular flexibility index (Phi) is 4.62. The Balaban J connectivity index is 1.92. The summed E-state index contributed by atoms with van der Waals surface area (Å²) >= 11 is 0. The van der Waals surface area contributed by atoms with E-state index in [0.29, 0.717) is 12.2 Å². The summed E-state index contributed by atoms with van der Waals surface area (Å²) < 4.78 is 5.66. The molecule has 1 saturated heterocycles. The Morgan fingerprint density at radius 3 is 2.65 bits per heavy atom. The van der Waals surface area contributed by atoms with Gasteiger partial charge >= 0.3 is 0 Å². The highest BCUT2D eigenvalue weighted by atomic mass is 16.5. The minimum absolute atomic E-state index is 0.000767. The number of amides is 1. The maximum atomic E-state index is 12.1. The maximum Gasteiger partial charge on any atom is 0.238 e. The molecule has 0 saturated carbocycles. The highest BCUT2D eigenvalue weighted by molar-refractivity contribution is 5.93. The number of benzene rings is 1. The largest absolute Gasteiger partial charge is 0.399 e. The van der Waals surface area contributed by atoms with Gasteiger partial charge in [0, 0.05) is 24.5 Å². The van der Waals surface area contributed by atoms with Crippen LogP contribution in [-0.2, 0) is 9.53 Å². The first-order chi connectivity index (χ1) is 9.44. The molecule has 1 fully saturated rings. The van der Waals surface area contributed by atoms with Crippen molar-refractivity contribution in [1.82, 2.24) is 4.90 Å². The van der Waals surface area contributed by atoms with Gasteiger partial charge in [-0.2, -0.15) is 0 Å². The fourth-order valence-corrected chi connectivity index (χ4v) is 2.63. The van der Waals surface area contributed by atoms with Gasteiger partial charge in [-0.3, -0.25) is 9.69 Å². The van der Waals surface area contributed by atoms with Gasteiger partial charge in [0.25, 0.3) is 0 Å². The molecule has 3 N–H and O–H groups in total. The molecular weight excluding hydrogens is 254 g/mol. The predicted molar refractivity (Wildman–Crippen MR) is 80.7 cm³/mol. The van der Waals surface area contributed by atoms with E-state index in [1.807, 2.05) is 32.9 Å². The number of anilines is 2. The summed E-state index contributed by atoms with van der Waals surface area (Å²) in [6.07, 6.45) is 0.342. The van der Waals surface area contributed by atoms with Crippen LogP contribution in [0.5, 0.6) is 0 Å². The number of nitrogens with two attached hydrogens (primary N) is 1. The van der Waals surface area contributed by atoms with E-state index >= 15 is 0 Å². The van der Waals surface area contributed by atoms with Crippen LogP contribution in [0.25, 0.3) is 0 Å². The fraction of sp³-hybridized carbons (Fsp3) is 0.533. The van der Waals surface area contributed by atoms with E-state index in [0.717, 1.165) is 24.3 Å². The van der Waals surface area contributed by atoms with Crippen LogP contribution in [0.1, 0.15) is 19.4 Å². The van der Waals surface area contributed by atoms with Crippen LogP contribution in [0.4, 0.5) is 11.4 Å². The summed E-state index contributed by atoms with van der Waals surface area (Å²) in [5, 5.41) is 2.94. The first-order valence-corrected chi connectivity index (χ1v) is 6.98. The molecule has 20 heavy (non-hydrogen) atoms. The first kappa shape index (κ1) is 14.8. The molecule has 0 bridgehead atoms. The van der Waals surface area contributed by atoms with Crippen molar-refractivity contribution in [2.75, 3.05) is 30.7 Å². The molecule has 1 aliphatic heterocycles. The molecule has 1 amide bonds. The van der Waals surface area contributed by atoms with Crippen LogP contribution >= 0.6 is 0 Å². The monoisotopic (exact) mass is 277 g/mol. The standard InChI is InChI=1S/C15H23N3O2/c1-10-6-13(16)4-5-14(10)17-15(19)9-18-7-11(2)20-12(3)8-18/h4-6,11-12H,7-9,16H2,1-3H3,(H,17,19)/t11-,12+. The molecule has 2 atom stereocenters. The van der Waals surface area contributed by atoms with Crippen molar-refractivity contribution in [1.29, 1.82) is 0 Å². The lowest BCUT2D eigenvalue weighted by Gasteiger charge is -2.34. The zero-order valence-corrected chi connectivity index (χ0v) is 12.3. The number of carbonyl (C=O) groups excluding carboxylic acids is 1. The van der Waals surface area contributed by atoms with E-state index in [4.69, 9.17) is 10.5 Å². The van der Waals surface area contributed by atoms with Gasteiger partial charge in [0.1, 0.15) is 0 Å². The average molecular weight is 277 g/mol. The molecule has 1 aromatic carbocycles. The molecule has 1 aliphatic rings. The molecule has 1 heterocycles. The fourth-order valence-electron chi connectivity index (χ4n) is 2.63. The molecule has 0 aromatic heterocycles. The predicted octanol–water partition coefficient (Wildman–Crippen LogP) is 1.62. The number of nitrogens with one attached hydrogen (secondary N) is 1. The number of morpholine rings is 1. The van der Waals surface area contributed by atoms with Gasteiger partial charge in [0.05, 0.1) is 18.8 Å². The van der Waals surface area contributed by atoms with Gasteiger partial charge in [-0.25, -0.2) is 0 Å². The highest BCUT2D eigenvalue weighted by Gasteiger charge is 2.23. The topological polar surface area (TPSA) is 67.6 Å². The van der Waals surface area contributed by atoms with Crippen molar-refractivity contribution in [3.63, 3.8) is 0 Å². The Bertz CT molecular complexity index is 480. The molecule has 5 nitrogen and oxygen atoms in total. The first-order valence-electron chi connectivity index (χ1n) is 6.98. The molecule has 0 aliphatic carbocycles. The third-order valence-electron chi connectivity index (χ3n) is 3.39. The summed E-state index contributed by atoms with van der Waals surface area (Å²) in [6.45, 7) is 7.97. The Hall–Kier alpha value is -1.59. The van der Waals surface area contributed by atoms with Crippen LogP contribution in [0.15, 0.2) is 18.2 Å². The van der Waals surface area contributed by atoms with E-state index in [-0.39, 0.29) is 18.1 Å². The van der Waals surface area contributed by atoms with Crippen molar-refractivity contribution in [2.24, 2.45) is 0 Å². The number of carbonyl (C=O) groups is 1. The van der Waals surface area contributed by atoms with E-state index in [9.17, 15) is 4.79 Å². The SMILES string of the molecule is Cc1cc(N)ccc1NC(=O)CN1C[C@@H](C)O[C@@H](C)C1. The maximum absolute atomic E-state index is 12.1. The van der Waals surface area contributed by atoms with Gasteiger partial charge in [0.2, 0.25) is 5.91 Å². The summed E-state index contributed by atoms with van der Waals surface area (Å²) in [4.78, 5) is 14.2. The van der Waals surface area contributed by atoms with Gasteiger partial charge in [0.15, 0.2) is 0 Å². The quantitative estimate of drug-likeness (QED) is 0.824. The second-order valence-corrected chi connectivity index (χ2v) is 5.57. The lowest BCUT2D eigenvalue weighted by atomic mass is 10.2. The van der Waals surface area contributed by atoms with Crippen molar-refractivity contribution in [2.45, 2.75) is 33.0 Å². The van der Waals surface area contributed by atoms with Crippen LogP contribution in [0.3, 0.4) is 0 Å². The number of nitrogens with zero attached hydrogens (tertiary/aromatic N) is 1. The number of hydrogen-bond acceptors (Lipinski definition) is 4. The molecule has 1 aromatic rings. The van der Waals surface area contributed by atoms with Gasteiger partial charge in [-0.1, -0.05) is 0 Å². The Labute approximate surface area is 120 Å². The zero-order valence-electron chi connectivity index (χ0n) is 12.3. The summed E-state index contributed by atoms with van der Waals surface area (Å²) in [7, 11) is 0. The second-order valence-electron chi connectivity index (χ2n) is 5.57. The van der Waals surface area contributed by atoms with Crippen LogP contribution in [0, 0.1) is 6.92 Å². The summed E-state index contributed by atoms with van der Waals surface area (Å²) in [6, 6.07) is 5.49. The van der Waals surface area contributed by atoms with Gasteiger partial charge in [-0.15, -0.1) is 0 Å².